The van der Waals surface area contributed by atoms with Crippen LogP contribution in [0.25, 0.3) is 0 Å². The monoisotopic (exact) mass is 315 g/mol. The minimum Gasteiger partial charge on any atom is -0.369 e. The lowest BCUT2D eigenvalue weighted by Crippen LogP contribution is -2.49. The molecule has 0 saturated carbocycles. The number of nitrogens with zero attached hydrogens (tertiary/aromatic N) is 2. The Kier molecular flexibility index (Phi) is 4.98. The summed E-state index contributed by atoms with van der Waals surface area (Å²) in [6, 6.07) is 18.9. The molecule has 0 aliphatic carbocycles. The number of para-hydroxylation sites is 1. The normalized spacial score (nSPS) is 17.5. The number of halogens is 1. The van der Waals surface area contributed by atoms with Gasteiger partial charge >= 0.3 is 0 Å². The van der Waals surface area contributed by atoms with Gasteiger partial charge in [-0.05, 0) is 29.8 Å². The summed E-state index contributed by atoms with van der Waals surface area (Å²) in [7, 11) is 0. The highest BCUT2D eigenvalue weighted by Gasteiger charge is 2.24. The molecule has 22 heavy (non-hydrogen) atoms. The number of hydrogen-bond acceptors (Lipinski definition) is 3. The fraction of sp³-hybridized carbons (Fsp3) is 0.333. The quantitative estimate of drug-likeness (QED) is 0.940. The van der Waals surface area contributed by atoms with Crippen LogP contribution in [0.4, 0.5) is 5.69 Å². The van der Waals surface area contributed by atoms with Gasteiger partial charge in [0.05, 0.1) is 0 Å². The first kappa shape index (κ1) is 15.3. The van der Waals surface area contributed by atoms with Crippen molar-refractivity contribution in [2.45, 2.75) is 6.04 Å². The summed E-state index contributed by atoms with van der Waals surface area (Å²) in [5, 5.41) is 0.772. The summed E-state index contributed by atoms with van der Waals surface area (Å²) in [6.07, 6.45) is 0. The van der Waals surface area contributed by atoms with Crippen LogP contribution in [0.2, 0.25) is 5.02 Å². The largest absolute Gasteiger partial charge is 0.369 e. The SMILES string of the molecule is NCC(c1ccc(Cl)cc1)N1CCN(c2ccccc2)CC1. The van der Waals surface area contributed by atoms with Gasteiger partial charge < -0.3 is 10.6 Å². The molecule has 116 valence electrons. The Balaban J connectivity index is 1.65. The number of nitrogens with two attached hydrogens (primary N) is 1. The highest BCUT2D eigenvalue weighted by molar-refractivity contribution is 6.30. The molecule has 1 fully saturated rings. The second kappa shape index (κ2) is 7.14. The highest BCUT2D eigenvalue weighted by Crippen LogP contribution is 2.24. The number of rotatable bonds is 4. The van der Waals surface area contributed by atoms with E-state index in [4.69, 9.17) is 17.3 Å². The van der Waals surface area contributed by atoms with Gasteiger partial charge in [0.2, 0.25) is 0 Å². The number of benzene rings is 2. The average Bonchev–Trinajstić information content (AvgIpc) is 2.59. The molecule has 1 unspecified atom stereocenters. The molecule has 0 aromatic heterocycles. The maximum absolute atomic E-state index is 6.03. The zero-order chi connectivity index (χ0) is 15.4. The van der Waals surface area contributed by atoms with Gasteiger partial charge in [0.25, 0.3) is 0 Å². The van der Waals surface area contributed by atoms with Crippen molar-refractivity contribution in [3.05, 3.63) is 65.2 Å². The van der Waals surface area contributed by atoms with Gasteiger partial charge in [-0.3, -0.25) is 4.90 Å². The third-order valence-electron chi connectivity index (χ3n) is 4.35. The molecular weight excluding hydrogens is 294 g/mol. The summed E-state index contributed by atoms with van der Waals surface area (Å²) in [6.45, 7) is 4.76. The van der Waals surface area contributed by atoms with Crippen molar-refractivity contribution in [1.29, 1.82) is 0 Å². The molecule has 1 saturated heterocycles. The molecule has 1 aliphatic heterocycles. The van der Waals surface area contributed by atoms with Crippen LogP contribution < -0.4 is 10.6 Å². The summed E-state index contributed by atoms with van der Waals surface area (Å²) < 4.78 is 0. The smallest absolute Gasteiger partial charge is 0.0471 e. The van der Waals surface area contributed by atoms with Crippen LogP contribution in [-0.2, 0) is 0 Å². The van der Waals surface area contributed by atoms with Gasteiger partial charge in [-0.15, -0.1) is 0 Å². The van der Waals surface area contributed by atoms with E-state index in [1.165, 1.54) is 11.3 Å². The van der Waals surface area contributed by atoms with E-state index < -0.39 is 0 Å². The van der Waals surface area contributed by atoms with E-state index in [1.807, 2.05) is 12.1 Å². The van der Waals surface area contributed by atoms with Gasteiger partial charge in [-0.25, -0.2) is 0 Å². The van der Waals surface area contributed by atoms with Crippen molar-refractivity contribution in [3.63, 3.8) is 0 Å². The molecule has 2 aromatic carbocycles. The molecule has 1 atom stereocenters. The first-order chi connectivity index (χ1) is 10.8. The minimum atomic E-state index is 0.273. The predicted octanol–water partition coefficient (Wildman–Crippen LogP) is 3.16. The van der Waals surface area contributed by atoms with E-state index in [-0.39, 0.29) is 6.04 Å². The van der Waals surface area contributed by atoms with Crippen LogP contribution in [0, 0.1) is 0 Å². The fourth-order valence-electron chi connectivity index (χ4n) is 3.11. The van der Waals surface area contributed by atoms with Gasteiger partial charge in [0, 0.05) is 49.5 Å². The minimum absolute atomic E-state index is 0.273. The Hall–Kier alpha value is -1.55. The standard InChI is InChI=1S/C18H22ClN3/c19-16-8-6-15(7-9-16)18(14-20)22-12-10-21(11-13-22)17-4-2-1-3-5-17/h1-9,18H,10-14,20H2. The third kappa shape index (κ3) is 3.43. The first-order valence-electron chi connectivity index (χ1n) is 7.77. The van der Waals surface area contributed by atoms with E-state index in [2.05, 4.69) is 52.3 Å². The lowest BCUT2D eigenvalue weighted by atomic mass is 10.0. The molecule has 2 aromatic rings. The number of piperazine rings is 1. The lowest BCUT2D eigenvalue weighted by molar-refractivity contribution is 0.190. The molecule has 0 radical (unpaired) electrons. The molecule has 3 nitrogen and oxygen atoms in total. The molecule has 0 amide bonds. The maximum atomic E-state index is 6.03. The molecule has 0 spiro atoms. The predicted molar refractivity (Wildman–Crippen MR) is 93.5 cm³/mol. The molecular formula is C18H22ClN3. The molecule has 2 N–H and O–H groups in total. The van der Waals surface area contributed by atoms with Gasteiger partial charge in [-0.1, -0.05) is 41.9 Å². The Bertz CT molecular complexity index is 577. The van der Waals surface area contributed by atoms with Crippen LogP contribution >= 0.6 is 11.6 Å². The average molecular weight is 316 g/mol. The molecule has 3 rings (SSSR count). The zero-order valence-corrected chi connectivity index (χ0v) is 13.4. The first-order valence-corrected chi connectivity index (χ1v) is 8.15. The topological polar surface area (TPSA) is 32.5 Å². The fourth-order valence-corrected chi connectivity index (χ4v) is 3.24. The van der Waals surface area contributed by atoms with Crippen LogP contribution in [0.15, 0.2) is 54.6 Å². The van der Waals surface area contributed by atoms with Gasteiger partial charge in [0.1, 0.15) is 0 Å². The van der Waals surface area contributed by atoms with E-state index in [9.17, 15) is 0 Å². The summed E-state index contributed by atoms with van der Waals surface area (Å²) in [5.74, 6) is 0. The summed E-state index contributed by atoms with van der Waals surface area (Å²) in [4.78, 5) is 4.91. The maximum Gasteiger partial charge on any atom is 0.0471 e. The van der Waals surface area contributed by atoms with Crippen LogP contribution in [0.1, 0.15) is 11.6 Å². The Morgan fingerprint density at radius 2 is 1.55 bits per heavy atom. The van der Waals surface area contributed by atoms with Crippen molar-refractivity contribution < 1.29 is 0 Å². The van der Waals surface area contributed by atoms with Gasteiger partial charge in [-0.2, -0.15) is 0 Å². The van der Waals surface area contributed by atoms with Crippen LogP contribution in [0.5, 0.6) is 0 Å². The van der Waals surface area contributed by atoms with E-state index in [1.54, 1.807) is 0 Å². The lowest BCUT2D eigenvalue weighted by Gasteiger charge is -2.40. The van der Waals surface area contributed by atoms with E-state index in [0.29, 0.717) is 6.54 Å². The van der Waals surface area contributed by atoms with E-state index >= 15 is 0 Å². The second-order valence-electron chi connectivity index (χ2n) is 5.66. The van der Waals surface area contributed by atoms with Crippen molar-refractivity contribution in [1.82, 2.24) is 4.90 Å². The van der Waals surface area contributed by atoms with Crippen molar-refractivity contribution in [2.75, 3.05) is 37.6 Å². The Labute approximate surface area is 137 Å². The van der Waals surface area contributed by atoms with Crippen molar-refractivity contribution >= 4 is 17.3 Å². The molecule has 4 heteroatoms. The van der Waals surface area contributed by atoms with Gasteiger partial charge in [0.15, 0.2) is 0 Å². The number of anilines is 1. The highest BCUT2D eigenvalue weighted by atomic mass is 35.5. The molecule has 1 heterocycles. The molecule has 0 bridgehead atoms. The van der Waals surface area contributed by atoms with Crippen LogP contribution in [0.3, 0.4) is 0 Å². The third-order valence-corrected chi connectivity index (χ3v) is 4.61. The second-order valence-corrected chi connectivity index (χ2v) is 6.10. The van der Waals surface area contributed by atoms with Crippen LogP contribution in [-0.4, -0.2) is 37.6 Å². The van der Waals surface area contributed by atoms with Crippen molar-refractivity contribution in [3.8, 4) is 0 Å². The number of hydrogen-bond donors (Lipinski definition) is 1. The van der Waals surface area contributed by atoms with E-state index in [0.717, 1.165) is 31.2 Å². The molecule has 1 aliphatic rings. The summed E-state index contributed by atoms with van der Waals surface area (Å²) in [5.41, 5.74) is 8.58. The Morgan fingerprint density at radius 3 is 2.14 bits per heavy atom. The van der Waals surface area contributed by atoms with Crippen molar-refractivity contribution in [2.24, 2.45) is 5.73 Å². The Morgan fingerprint density at radius 1 is 0.909 bits per heavy atom. The zero-order valence-electron chi connectivity index (χ0n) is 12.7. The summed E-state index contributed by atoms with van der Waals surface area (Å²) >= 11 is 5.98.